The van der Waals surface area contributed by atoms with E-state index in [0.29, 0.717) is 10.1 Å². The first-order valence-corrected chi connectivity index (χ1v) is 10.6. The molecule has 0 fully saturated rings. The van der Waals surface area contributed by atoms with Crippen molar-refractivity contribution in [3.8, 4) is 0 Å². The molecule has 0 aliphatic heterocycles. The number of hydrogen-bond donors (Lipinski definition) is 0. The van der Waals surface area contributed by atoms with Crippen molar-refractivity contribution in [1.82, 2.24) is 0 Å². The van der Waals surface area contributed by atoms with Gasteiger partial charge in [0.25, 0.3) is 0 Å². The number of hydrogen-bond acceptors (Lipinski definition) is 5. The van der Waals surface area contributed by atoms with Gasteiger partial charge in [0.15, 0.2) is 9.84 Å². The van der Waals surface area contributed by atoms with Crippen LogP contribution in [0.2, 0.25) is 5.02 Å². The number of esters is 1. The first-order valence-electron chi connectivity index (χ1n) is 7.71. The van der Waals surface area contributed by atoms with Crippen molar-refractivity contribution >= 4 is 48.8 Å². The minimum absolute atomic E-state index is 0.0518. The van der Waals surface area contributed by atoms with Crippen LogP contribution in [0.5, 0.6) is 0 Å². The maximum atomic E-state index is 13.3. The molecule has 26 heavy (non-hydrogen) atoms. The normalized spacial score (nSPS) is 11.6. The lowest BCUT2D eigenvalue weighted by Crippen LogP contribution is -2.11. The Balaban J connectivity index is 1.60. The Labute approximate surface area is 159 Å². The molecule has 0 saturated heterocycles. The molecule has 0 bridgehead atoms. The van der Waals surface area contributed by atoms with Crippen LogP contribution >= 0.6 is 22.9 Å². The maximum absolute atomic E-state index is 13.3. The van der Waals surface area contributed by atoms with Crippen LogP contribution in [0.25, 0.3) is 10.1 Å². The van der Waals surface area contributed by atoms with Gasteiger partial charge in [-0.1, -0.05) is 29.8 Å². The lowest BCUT2D eigenvalue weighted by atomic mass is 10.2. The largest absolute Gasteiger partial charge is 0.461 e. The number of carbonyl (C=O) groups excluding carboxylic acids is 1. The summed E-state index contributed by atoms with van der Waals surface area (Å²) in [5.74, 6) is -1.19. The van der Waals surface area contributed by atoms with Crippen LogP contribution in [0, 0.1) is 5.82 Å². The number of fused-ring (bicyclic) bond motifs is 1. The van der Waals surface area contributed by atoms with Gasteiger partial charge < -0.3 is 4.74 Å². The molecule has 0 spiro atoms. The second kappa shape index (κ2) is 7.73. The number of carbonyl (C=O) groups is 1. The fourth-order valence-corrected chi connectivity index (χ4v) is 5.13. The van der Waals surface area contributed by atoms with Crippen molar-refractivity contribution in [3.63, 3.8) is 0 Å². The van der Waals surface area contributed by atoms with E-state index in [2.05, 4.69) is 0 Å². The van der Waals surface area contributed by atoms with E-state index in [4.69, 9.17) is 16.3 Å². The number of rotatable bonds is 6. The van der Waals surface area contributed by atoms with E-state index in [0.717, 1.165) is 11.3 Å². The van der Waals surface area contributed by atoms with Crippen LogP contribution in [0.3, 0.4) is 0 Å². The highest BCUT2D eigenvalue weighted by molar-refractivity contribution is 7.91. The first kappa shape index (κ1) is 18.8. The lowest BCUT2D eigenvalue weighted by Gasteiger charge is -2.05. The molecule has 4 nitrogen and oxygen atoms in total. The molecule has 0 N–H and O–H groups in total. The quantitative estimate of drug-likeness (QED) is 0.434. The third-order valence-electron chi connectivity index (χ3n) is 3.67. The zero-order chi connectivity index (χ0) is 18.7. The van der Waals surface area contributed by atoms with Crippen molar-refractivity contribution in [3.05, 3.63) is 64.2 Å². The molecule has 0 aliphatic rings. The summed E-state index contributed by atoms with van der Waals surface area (Å²) in [4.78, 5) is 12.6. The SMILES string of the molecule is O=C(OCCCS(=O)(=O)c1ccccc1)c1sc2cc(F)ccc2c1Cl. The van der Waals surface area contributed by atoms with Crippen molar-refractivity contribution in [2.45, 2.75) is 11.3 Å². The Bertz CT molecular complexity index is 1050. The zero-order valence-corrected chi connectivity index (χ0v) is 15.8. The van der Waals surface area contributed by atoms with Gasteiger partial charge in [0, 0.05) is 10.1 Å². The van der Waals surface area contributed by atoms with Gasteiger partial charge in [-0.25, -0.2) is 17.6 Å². The Morgan fingerprint density at radius 2 is 1.88 bits per heavy atom. The van der Waals surface area contributed by atoms with E-state index < -0.39 is 21.6 Å². The summed E-state index contributed by atoms with van der Waals surface area (Å²) in [6.07, 6.45) is 0.167. The molecule has 3 aromatic rings. The predicted octanol–water partition coefficient (Wildman–Crippen LogP) is 4.71. The highest BCUT2D eigenvalue weighted by atomic mass is 35.5. The van der Waals surface area contributed by atoms with Gasteiger partial charge in [-0.15, -0.1) is 11.3 Å². The molecule has 1 heterocycles. The molecule has 3 rings (SSSR count). The van der Waals surface area contributed by atoms with Gasteiger partial charge in [-0.3, -0.25) is 0 Å². The summed E-state index contributed by atoms with van der Waals surface area (Å²) in [7, 11) is -3.41. The summed E-state index contributed by atoms with van der Waals surface area (Å²) >= 11 is 7.20. The molecular formula is C18H14ClFO4S2. The summed E-state index contributed by atoms with van der Waals surface area (Å²) in [6, 6.07) is 12.2. The zero-order valence-electron chi connectivity index (χ0n) is 13.4. The Hall–Kier alpha value is -1.96. The molecule has 1 aromatic heterocycles. The fourth-order valence-electron chi connectivity index (χ4n) is 2.40. The monoisotopic (exact) mass is 412 g/mol. The minimum Gasteiger partial charge on any atom is -0.461 e. The Morgan fingerprint density at radius 1 is 1.15 bits per heavy atom. The molecule has 8 heteroatoms. The third kappa shape index (κ3) is 4.06. The highest BCUT2D eigenvalue weighted by Gasteiger charge is 2.19. The van der Waals surface area contributed by atoms with E-state index in [1.165, 1.54) is 30.3 Å². The van der Waals surface area contributed by atoms with Gasteiger partial charge in [0.05, 0.1) is 22.3 Å². The van der Waals surface area contributed by atoms with E-state index in [1.54, 1.807) is 18.2 Å². The number of benzene rings is 2. The number of thiophene rings is 1. The number of halogens is 2. The second-order valence-corrected chi connectivity index (χ2v) is 9.05. The molecule has 0 unspecified atom stereocenters. The topological polar surface area (TPSA) is 60.4 Å². The first-order chi connectivity index (χ1) is 12.4. The van der Waals surface area contributed by atoms with Crippen molar-refractivity contribution in [2.75, 3.05) is 12.4 Å². The number of sulfone groups is 1. The summed E-state index contributed by atoms with van der Waals surface area (Å²) in [5.41, 5.74) is 0. The fraction of sp³-hybridized carbons (Fsp3) is 0.167. The average Bonchev–Trinajstić information content (AvgIpc) is 2.95. The van der Waals surface area contributed by atoms with E-state index in [-0.39, 0.29) is 33.6 Å². The lowest BCUT2D eigenvalue weighted by molar-refractivity contribution is 0.0511. The van der Waals surface area contributed by atoms with Crippen molar-refractivity contribution in [2.24, 2.45) is 0 Å². The van der Waals surface area contributed by atoms with Gasteiger partial charge in [-0.2, -0.15) is 0 Å². The Kier molecular flexibility index (Phi) is 5.60. The van der Waals surface area contributed by atoms with E-state index in [1.807, 2.05) is 0 Å². The third-order valence-corrected chi connectivity index (χ3v) is 7.12. The molecule has 0 atom stereocenters. The van der Waals surface area contributed by atoms with E-state index in [9.17, 15) is 17.6 Å². The van der Waals surface area contributed by atoms with Crippen LogP contribution in [-0.4, -0.2) is 26.7 Å². The highest BCUT2D eigenvalue weighted by Crippen LogP contribution is 2.36. The van der Waals surface area contributed by atoms with Gasteiger partial charge >= 0.3 is 5.97 Å². The van der Waals surface area contributed by atoms with Crippen LogP contribution < -0.4 is 0 Å². The van der Waals surface area contributed by atoms with Crippen molar-refractivity contribution < 1.29 is 22.3 Å². The van der Waals surface area contributed by atoms with Crippen LogP contribution in [0.15, 0.2) is 53.4 Å². The molecule has 0 saturated carbocycles. The summed E-state index contributed by atoms with van der Waals surface area (Å²) in [6.45, 7) is -0.0518. The van der Waals surface area contributed by atoms with E-state index >= 15 is 0 Å². The predicted molar refractivity (Wildman–Crippen MR) is 100 cm³/mol. The Morgan fingerprint density at radius 3 is 2.62 bits per heavy atom. The second-order valence-electron chi connectivity index (χ2n) is 5.51. The molecule has 136 valence electrons. The molecule has 0 radical (unpaired) electrons. The number of ether oxygens (including phenoxy) is 1. The molecule has 0 amide bonds. The minimum atomic E-state index is -3.41. The van der Waals surface area contributed by atoms with Crippen LogP contribution in [0.1, 0.15) is 16.1 Å². The molecule has 0 aliphatic carbocycles. The molecule has 2 aromatic carbocycles. The smallest absolute Gasteiger partial charge is 0.349 e. The van der Waals surface area contributed by atoms with Gasteiger partial charge in [0.2, 0.25) is 0 Å². The van der Waals surface area contributed by atoms with Gasteiger partial charge in [-0.05, 0) is 36.8 Å². The average molecular weight is 413 g/mol. The van der Waals surface area contributed by atoms with Crippen LogP contribution in [0.4, 0.5) is 4.39 Å². The maximum Gasteiger partial charge on any atom is 0.349 e. The molecular weight excluding hydrogens is 399 g/mol. The standard InChI is InChI=1S/C18H14ClFO4S2/c19-16-14-8-7-12(20)11-15(14)25-17(16)18(21)24-9-4-10-26(22,23)13-5-2-1-3-6-13/h1-3,5-8,11H,4,9-10H2. The summed E-state index contributed by atoms with van der Waals surface area (Å²) < 4.78 is 43.3. The summed E-state index contributed by atoms with van der Waals surface area (Å²) in [5, 5.41) is 0.795. The van der Waals surface area contributed by atoms with Crippen LogP contribution in [-0.2, 0) is 14.6 Å². The van der Waals surface area contributed by atoms with Gasteiger partial charge in [0.1, 0.15) is 10.7 Å². The van der Waals surface area contributed by atoms with Crippen molar-refractivity contribution in [1.29, 1.82) is 0 Å².